The Morgan fingerprint density at radius 3 is 2.15 bits per heavy atom. The number of para-hydroxylation sites is 1. The molecule has 10 heteroatoms. The molecule has 0 atom stereocenters. The first kappa shape index (κ1) is 32.1. The van der Waals surface area contributed by atoms with Crippen molar-refractivity contribution in [2.45, 2.75) is 51.0 Å². The zero-order valence-electron chi connectivity index (χ0n) is 27.0. The van der Waals surface area contributed by atoms with Gasteiger partial charge in [-0.05, 0) is 105 Å². The van der Waals surface area contributed by atoms with E-state index in [9.17, 15) is 19.2 Å². The molecule has 47 heavy (non-hydrogen) atoms. The van der Waals surface area contributed by atoms with Gasteiger partial charge in [-0.15, -0.1) is 0 Å². The number of urea groups is 1. The molecule has 246 valence electrons. The van der Waals surface area contributed by atoms with Crippen molar-refractivity contribution in [3.8, 4) is 5.75 Å². The lowest BCUT2D eigenvalue weighted by Gasteiger charge is -2.56. The molecule has 10 nitrogen and oxygen atoms in total. The third-order valence-corrected chi connectivity index (χ3v) is 9.73. The molecular formula is C37H43N5O5. The fourth-order valence-corrected chi connectivity index (χ4v) is 8.00. The highest BCUT2D eigenvalue weighted by molar-refractivity contribution is 6.05. The number of aryl methyl sites for hydroxylation is 1. The highest BCUT2D eigenvalue weighted by atomic mass is 16.5. The first-order chi connectivity index (χ1) is 22.6. The van der Waals surface area contributed by atoms with E-state index in [4.69, 9.17) is 4.74 Å². The number of amides is 5. The lowest BCUT2D eigenvalue weighted by molar-refractivity contribution is -0.129. The number of hydrogen-bond acceptors (Lipinski definition) is 5. The molecule has 3 N–H and O–H groups in total. The maximum Gasteiger partial charge on any atom is 0.319 e. The van der Waals surface area contributed by atoms with Crippen LogP contribution in [-0.4, -0.2) is 56.0 Å². The molecule has 4 fully saturated rings. The van der Waals surface area contributed by atoms with E-state index in [0.29, 0.717) is 22.8 Å². The minimum absolute atomic E-state index is 0.107. The quantitative estimate of drug-likeness (QED) is 0.265. The summed E-state index contributed by atoms with van der Waals surface area (Å²) in [4.78, 5) is 55.5. The summed E-state index contributed by atoms with van der Waals surface area (Å²) in [5.74, 6) is 1.59. The van der Waals surface area contributed by atoms with Gasteiger partial charge in [0.25, 0.3) is 5.91 Å². The predicted molar refractivity (Wildman–Crippen MR) is 181 cm³/mol. The van der Waals surface area contributed by atoms with Crippen LogP contribution in [0.1, 0.15) is 44.1 Å². The van der Waals surface area contributed by atoms with Gasteiger partial charge in [0.1, 0.15) is 12.3 Å². The first-order valence-corrected chi connectivity index (χ1v) is 16.4. The van der Waals surface area contributed by atoms with E-state index >= 15 is 0 Å². The Kier molecular flexibility index (Phi) is 9.47. The molecule has 4 saturated carbocycles. The molecule has 5 amide bonds. The fraction of sp³-hybridized carbons (Fsp3) is 0.405. The molecule has 4 aliphatic carbocycles. The van der Waals surface area contributed by atoms with Crippen LogP contribution in [0.5, 0.6) is 5.75 Å². The summed E-state index contributed by atoms with van der Waals surface area (Å²) in [6, 6.07) is 22.7. The minimum atomic E-state index is -0.543. The monoisotopic (exact) mass is 637 g/mol. The molecule has 0 spiro atoms. The summed E-state index contributed by atoms with van der Waals surface area (Å²) in [6.07, 6.45) is 7.05. The van der Waals surface area contributed by atoms with Gasteiger partial charge in [-0.2, -0.15) is 0 Å². The van der Waals surface area contributed by atoms with E-state index in [2.05, 4.69) is 16.0 Å². The fourth-order valence-electron chi connectivity index (χ4n) is 8.00. The molecule has 4 aliphatic rings. The number of carbonyl (C=O) groups excluding carboxylic acids is 4. The van der Waals surface area contributed by atoms with E-state index < -0.39 is 11.9 Å². The normalized spacial score (nSPS) is 22.2. The molecule has 0 aliphatic heterocycles. The van der Waals surface area contributed by atoms with Crippen molar-refractivity contribution < 1.29 is 23.9 Å². The Balaban J connectivity index is 1.12. The van der Waals surface area contributed by atoms with E-state index in [1.54, 1.807) is 37.4 Å². The van der Waals surface area contributed by atoms with Gasteiger partial charge in [0.05, 0.1) is 6.54 Å². The summed E-state index contributed by atoms with van der Waals surface area (Å²) >= 11 is 0. The SMILES string of the molecule is Cc1cccc(NC(=O)NCC(=O)N(CC(=O)N(C)c2ccccc2)c2cccc(OCC(=O)NC34CC5CC(CC(C5)C3)C4)c2)c1. The highest BCUT2D eigenvalue weighted by Gasteiger charge is 2.51. The third kappa shape index (κ3) is 7.93. The minimum Gasteiger partial charge on any atom is -0.484 e. The van der Waals surface area contributed by atoms with Gasteiger partial charge in [0, 0.05) is 35.7 Å². The molecule has 0 saturated heterocycles. The summed E-state index contributed by atoms with van der Waals surface area (Å²) in [7, 11) is 1.65. The van der Waals surface area contributed by atoms with Gasteiger partial charge < -0.3 is 30.5 Å². The summed E-state index contributed by atoms with van der Waals surface area (Å²) in [6.45, 7) is 1.15. The van der Waals surface area contributed by atoms with Crippen LogP contribution >= 0.6 is 0 Å². The zero-order chi connectivity index (χ0) is 33.0. The third-order valence-electron chi connectivity index (χ3n) is 9.73. The predicted octanol–water partition coefficient (Wildman–Crippen LogP) is 5.28. The second-order valence-corrected chi connectivity index (χ2v) is 13.5. The van der Waals surface area contributed by atoms with Gasteiger partial charge >= 0.3 is 6.03 Å². The van der Waals surface area contributed by atoms with Gasteiger partial charge in [-0.3, -0.25) is 14.4 Å². The molecule has 7 rings (SSSR count). The van der Waals surface area contributed by atoms with E-state index in [-0.39, 0.29) is 37.0 Å². The van der Waals surface area contributed by atoms with Gasteiger partial charge in [0.15, 0.2) is 6.61 Å². The van der Waals surface area contributed by atoms with Crippen molar-refractivity contribution >= 4 is 40.8 Å². The molecule has 3 aromatic rings. The Bertz CT molecular complexity index is 1590. The van der Waals surface area contributed by atoms with Crippen LogP contribution in [-0.2, 0) is 14.4 Å². The van der Waals surface area contributed by atoms with Crippen LogP contribution in [0, 0.1) is 24.7 Å². The molecule has 0 aromatic heterocycles. The van der Waals surface area contributed by atoms with Crippen LogP contribution in [0.25, 0.3) is 0 Å². The van der Waals surface area contributed by atoms with Crippen LogP contribution < -0.4 is 30.5 Å². The van der Waals surface area contributed by atoms with E-state index in [1.165, 1.54) is 29.1 Å². The summed E-state index contributed by atoms with van der Waals surface area (Å²) in [5, 5.41) is 8.65. The number of anilines is 3. The average molecular weight is 638 g/mol. The lowest BCUT2D eigenvalue weighted by atomic mass is 9.53. The highest BCUT2D eigenvalue weighted by Crippen LogP contribution is 2.55. The molecule has 0 unspecified atom stereocenters. The van der Waals surface area contributed by atoms with Crippen molar-refractivity contribution in [3.63, 3.8) is 0 Å². The molecular weight excluding hydrogens is 594 g/mol. The molecule has 3 aromatic carbocycles. The van der Waals surface area contributed by atoms with Crippen molar-refractivity contribution in [1.29, 1.82) is 0 Å². The molecule has 0 heterocycles. The van der Waals surface area contributed by atoms with Crippen LogP contribution in [0.2, 0.25) is 0 Å². The Hall–Kier alpha value is -4.86. The molecule has 4 bridgehead atoms. The second-order valence-electron chi connectivity index (χ2n) is 13.5. The van der Waals surface area contributed by atoms with Crippen LogP contribution in [0.3, 0.4) is 0 Å². The van der Waals surface area contributed by atoms with Gasteiger partial charge in [0.2, 0.25) is 11.8 Å². The van der Waals surface area contributed by atoms with Crippen molar-refractivity contribution in [1.82, 2.24) is 10.6 Å². The van der Waals surface area contributed by atoms with Crippen LogP contribution in [0.4, 0.5) is 21.9 Å². The second kappa shape index (κ2) is 13.9. The van der Waals surface area contributed by atoms with Gasteiger partial charge in [-0.1, -0.05) is 36.4 Å². The Morgan fingerprint density at radius 1 is 0.809 bits per heavy atom. The maximum atomic E-state index is 13.6. The van der Waals surface area contributed by atoms with Crippen molar-refractivity contribution in [3.05, 3.63) is 84.4 Å². The van der Waals surface area contributed by atoms with Crippen molar-refractivity contribution in [2.75, 3.05) is 41.9 Å². The zero-order valence-corrected chi connectivity index (χ0v) is 27.0. The largest absolute Gasteiger partial charge is 0.484 e. The lowest BCUT2D eigenvalue weighted by Crippen LogP contribution is -2.60. The number of likely N-dealkylation sites (N-methyl/N-ethyl adjacent to an activating group) is 1. The average Bonchev–Trinajstić information content (AvgIpc) is 3.04. The summed E-state index contributed by atoms with van der Waals surface area (Å²) in [5.41, 5.74) is 2.57. The maximum absolute atomic E-state index is 13.6. The number of benzene rings is 3. The topological polar surface area (TPSA) is 120 Å². The smallest absolute Gasteiger partial charge is 0.319 e. The Morgan fingerprint density at radius 2 is 1.47 bits per heavy atom. The van der Waals surface area contributed by atoms with Crippen LogP contribution in [0.15, 0.2) is 78.9 Å². The number of carbonyl (C=O) groups is 4. The number of nitrogens with one attached hydrogen (secondary N) is 3. The standard InChI is InChI=1S/C37H43N5O5/c1-25-8-6-9-29(14-25)39-36(46)38-22-34(44)42(23-35(45)41(2)30-10-4-3-5-11-30)31-12-7-13-32(18-31)47-24-33(43)40-37-19-26-15-27(20-37)17-28(16-26)21-37/h3-14,18,26-28H,15-17,19-24H2,1-2H3,(H,40,43)(H2,38,39,46). The number of hydrogen-bond donors (Lipinski definition) is 3. The van der Waals surface area contributed by atoms with Gasteiger partial charge in [-0.25, -0.2) is 4.79 Å². The van der Waals surface area contributed by atoms with E-state index in [0.717, 1.165) is 42.6 Å². The first-order valence-electron chi connectivity index (χ1n) is 16.4. The number of nitrogens with zero attached hydrogens (tertiary/aromatic N) is 2. The van der Waals surface area contributed by atoms with Crippen molar-refractivity contribution in [2.24, 2.45) is 17.8 Å². The molecule has 0 radical (unpaired) electrons. The number of ether oxygens (including phenoxy) is 1. The summed E-state index contributed by atoms with van der Waals surface area (Å²) < 4.78 is 5.92. The Labute approximate surface area is 275 Å². The van der Waals surface area contributed by atoms with E-state index in [1.807, 2.05) is 55.5 Å². The number of rotatable bonds is 11.